The van der Waals surface area contributed by atoms with E-state index in [0.717, 1.165) is 33.3 Å². The molecule has 2 aromatic heterocycles. The molecule has 10 heteroatoms. The Morgan fingerprint density at radius 2 is 0.864 bits per heavy atom. The Bertz CT molecular complexity index is 1870. The van der Waals surface area contributed by atoms with Crippen LogP contribution in [0.4, 0.5) is 0 Å². The first-order chi connectivity index (χ1) is 20.5. The summed E-state index contributed by atoms with van der Waals surface area (Å²) in [5.41, 5.74) is 7.57. The highest BCUT2D eigenvalue weighted by Gasteiger charge is 2.24. The molecule has 0 bridgehead atoms. The van der Waals surface area contributed by atoms with Crippen LogP contribution in [0.25, 0.3) is 33.4 Å². The van der Waals surface area contributed by atoms with E-state index in [1.165, 1.54) is 9.59 Å². The third kappa shape index (κ3) is 6.37. The maximum Gasteiger partial charge on any atom is 0.146 e. The first kappa shape index (κ1) is 31.3. The summed E-state index contributed by atoms with van der Waals surface area (Å²) in [4.78, 5) is 2.94. The third-order valence-electron chi connectivity index (χ3n) is 7.20. The molecule has 8 nitrogen and oxygen atoms in total. The Labute approximate surface area is 266 Å². The van der Waals surface area contributed by atoms with Gasteiger partial charge in [-0.3, -0.25) is 0 Å². The highest BCUT2D eigenvalue weighted by atomic mass is 35.5. The molecule has 0 atom stereocenters. The number of hydrogen-bond donors (Lipinski definition) is 2. The maximum absolute atomic E-state index is 10.7. The van der Waals surface area contributed by atoms with Crippen molar-refractivity contribution in [2.45, 2.75) is 66.2 Å². The number of aryl methyl sites for hydroxylation is 2. The standard InChI is InChI=1S/2C17H18ClN3O/c2*1-10-7-12(17(2,3)4)16(22)15(8-10)21-19-13-6-5-11(18)9-14(13)20-21/h2*5-9,22H,1-4H3. The molecule has 0 unspecified atom stereocenters. The quantitative estimate of drug-likeness (QED) is 0.198. The van der Waals surface area contributed by atoms with Crippen molar-refractivity contribution in [3.8, 4) is 22.9 Å². The smallest absolute Gasteiger partial charge is 0.146 e. The van der Waals surface area contributed by atoms with Crippen molar-refractivity contribution >= 4 is 45.3 Å². The topological polar surface area (TPSA) is 102 Å². The molecule has 0 spiro atoms. The number of benzene rings is 4. The van der Waals surface area contributed by atoms with E-state index in [4.69, 9.17) is 23.2 Å². The van der Waals surface area contributed by atoms with Crippen LogP contribution in [-0.4, -0.2) is 40.2 Å². The summed E-state index contributed by atoms with van der Waals surface area (Å²) >= 11 is 12.0. The molecule has 0 amide bonds. The van der Waals surface area contributed by atoms with E-state index in [2.05, 4.69) is 61.9 Å². The normalized spacial score (nSPS) is 12.0. The molecule has 0 fully saturated rings. The van der Waals surface area contributed by atoms with Gasteiger partial charge in [0.1, 0.15) is 44.9 Å². The molecule has 6 aromatic rings. The van der Waals surface area contributed by atoms with Crippen LogP contribution in [0.3, 0.4) is 0 Å². The molecule has 228 valence electrons. The Kier molecular flexibility index (Phi) is 8.12. The molecule has 0 aliphatic heterocycles. The van der Waals surface area contributed by atoms with Crippen LogP contribution in [0.1, 0.15) is 63.8 Å². The number of aromatic nitrogens is 6. The van der Waals surface area contributed by atoms with Gasteiger partial charge < -0.3 is 10.2 Å². The fourth-order valence-corrected chi connectivity index (χ4v) is 5.29. The number of halogens is 2. The minimum atomic E-state index is -0.166. The number of fused-ring (bicyclic) bond motifs is 2. The van der Waals surface area contributed by atoms with Gasteiger partial charge in [-0.15, -0.1) is 30.0 Å². The summed E-state index contributed by atoms with van der Waals surface area (Å²) in [5, 5.41) is 40.3. The lowest BCUT2D eigenvalue weighted by atomic mass is 9.85. The van der Waals surface area contributed by atoms with Gasteiger partial charge in [0.2, 0.25) is 0 Å². The van der Waals surface area contributed by atoms with Crippen molar-refractivity contribution in [1.29, 1.82) is 0 Å². The Morgan fingerprint density at radius 1 is 0.523 bits per heavy atom. The molecule has 6 rings (SSSR count). The molecule has 4 aromatic carbocycles. The van der Waals surface area contributed by atoms with Crippen LogP contribution in [0.2, 0.25) is 10.0 Å². The van der Waals surface area contributed by atoms with Crippen LogP contribution in [-0.2, 0) is 10.8 Å². The second-order valence-corrected chi connectivity index (χ2v) is 14.0. The van der Waals surface area contributed by atoms with E-state index in [9.17, 15) is 10.2 Å². The van der Waals surface area contributed by atoms with Crippen molar-refractivity contribution in [3.63, 3.8) is 0 Å². The van der Waals surface area contributed by atoms with Crippen LogP contribution >= 0.6 is 23.2 Å². The highest BCUT2D eigenvalue weighted by molar-refractivity contribution is 6.31. The molecule has 2 heterocycles. The van der Waals surface area contributed by atoms with Gasteiger partial charge in [-0.05, 0) is 84.3 Å². The zero-order chi connectivity index (χ0) is 32.1. The molecule has 0 aliphatic rings. The number of hydrogen-bond acceptors (Lipinski definition) is 6. The van der Waals surface area contributed by atoms with Crippen LogP contribution in [0.5, 0.6) is 11.5 Å². The van der Waals surface area contributed by atoms with E-state index in [1.807, 2.05) is 50.2 Å². The minimum Gasteiger partial charge on any atom is -0.505 e. The maximum atomic E-state index is 10.7. The first-order valence-corrected chi connectivity index (χ1v) is 15.0. The second-order valence-electron chi connectivity index (χ2n) is 13.1. The molecule has 2 N–H and O–H groups in total. The minimum absolute atomic E-state index is 0.166. The highest BCUT2D eigenvalue weighted by Crippen LogP contribution is 2.37. The van der Waals surface area contributed by atoms with Gasteiger partial charge in [-0.2, -0.15) is 0 Å². The van der Waals surface area contributed by atoms with Crippen molar-refractivity contribution in [1.82, 2.24) is 30.0 Å². The summed E-state index contributed by atoms with van der Waals surface area (Å²) < 4.78 is 0. The van der Waals surface area contributed by atoms with Gasteiger partial charge in [-0.1, -0.05) is 76.9 Å². The van der Waals surface area contributed by atoms with Gasteiger partial charge in [0.25, 0.3) is 0 Å². The van der Waals surface area contributed by atoms with Gasteiger partial charge in [0, 0.05) is 21.2 Å². The zero-order valence-electron chi connectivity index (χ0n) is 26.1. The van der Waals surface area contributed by atoms with E-state index < -0.39 is 0 Å². The van der Waals surface area contributed by atoms with Crippen molar-refractivity contribution in [3.05, 3.63) is 93.0 Å². The molecule has 0 aliphatic carbocycles. The number of rotatable bonds is 2. The summed E-state index contributed by atoms with van der Waals surface area (Å²) in [6, 6.07) is 18.5. The SMILES string of the molecule is Cc1cc(-n2nc3ccc(Cl)cc3n2)c(O)c(C(C)(C)C)c1.Cc1cc(-n2nc3ccc(Cl)cc3n2)c(O)c(C(C)(C)C)c1. The van der Waals surface area contributed by atoms with E-state index in [1.54, 1.807) is 24.3 Å². The van der Waals surface area contributed by atoms with Gasteiger partial charge >= 0.3 is 0 Å². The van der Waals surface area contributed by atoms with Gasteiger partial charge in [-0.25, -0.2) is 0 Å². The van der Waals surface area contributed by atoms with Crippen molar-refractivity contribution in [2.75, 3.05) is 0 Å². The van der Waals surface area contributed by atoms with Crippen molar-refractivity contribution in [2.24, 2.45) is 0 Å². The third-order valence-corrected chi connectivity index (χ3v) is 7.67. The molecule has 44 heavy (non-hydrogen) atoms. The van der Waals surface area contributed by atoms with Crippen molar-refractivity contribution < 1.29 is 10.2 Å². The number of phenolic OH excluding ortho intramolecular Hbond substituents is 2. The molecular formula is C34H36Cl2N6O2. The monoisotopic (exact) mass is 630 g/mol. The predicted molar refractivity (Wildman–Crippen MR) is 178 cm³/mol. The van der Waals surface area contributed by atoms with E-state index >= 15 is 0 Å². The fraction of sp³-hybridized carbons (Fsp3) is 0.294. The van der Waals surface area contributed by atoms with Crippen LogP contribution < -0.4 is 0 Å². The van der Waals surface area contributed by atoms with E-state index in [0.29, 0.717) is 32.5 Å². The van der Waals surface area contributed by atoms with Crippen LogP contribution in [0, 0.1) is 13.8 Å². The predicted octanol–water partition coefficient (Wildman–Crippen LogP) is 8.77. The molecule has 0 radical (unpaired) electrons. The summed E-state index contributed by atoms with van der Waals surface area (Å²) in [6.45, 7) is 16.4. The zero-order valence-corrected chi connectivity index (χ0v) is 27.6. The Hall–Kier alpha value is -4.14. The number of aromatic hydroxyl groups is 2. The molecular weight excluding hydrogens is 595 g/mol. The molecule has 0 saturated heterocycles. The average molecular weight is 632 g/mol. The van der Waals surface area contributed by atoms with Gasteiger partial charge in [0.15, 0.2) is 0 Å². The van der Waals surface area contributed by atoms with Crippen LogP contribution in [0.15, 0.2) is 60.7 Å². The lowest BCUT2D eigenvalue weighted by Crippen LogP contribution is -2.13. The lowest BCUT2D eigenvalue weighted by Gasteiger charge is -2.22. The average Bonchev–Trinajstić information content (AvgIpc) is 3.53. The largest absolute Gasteiger partial charge is 0.505 e. The summed E-state index contributed by atoms with van der Waals surface area (Å²) in [6.07, 6.45) is 0. The number of nitrogens with zero attached hydrogens (tertiary/aromatic N) is 6. The Balaban J connectivity index is 0.000000175. The second kappa shape index (κ2) is 11.4. The fourth-order valence-electron chi connectivity index (χ4n) is 4.96. The summed E-state index contributed by atoms with van der Waals surface area (Å²) in [5.74, 6) is 0.425. The Morgan fingerprint density at radius 3 is 1.20 bits per heavy atom. The number of phenols is 2. The first-order valence-electron chi connectivity index (χ1n) is 14.3. The summed E-state index contributed by atoms with van der Waals surface area (Å²) in [7, 11) is 0. The van der Waals surface area contributed by atoms with E-state index in [-0.39, 0.29) is 22.3 Å². The lowest BCUT2D eigenvalue weighted by molar-refractivity contribution is 0.439. The molecule has 0 saturated carbocycles. The van der Waals surface area contributed by atoms with Gasteiger partial charge in [0.05, 0.1) is 0 Å².